The predicted octanol–water partition coefficient (Wildman–Crippen LogP) is 3.37. The van der Waals surface area contributed by atoms with Crippen LogP contribution in [0.5, 0.6) is 5.75 Å². The van der Waals surface area contributed by atoms with Gasteiger partial charge in [0.05, 0.1) is 0 Å². The van der Waals surface area contributed by atoms with Crippen LogP contribution in [0.15, 0.2) is 51.1 Å². The van der Waals surface area contributed by atoms with Crippen molar-refractivity contribution in [3.05, 3.63) is 52.3 Å². The molecule has 18 heavy (non-hydrogen) atoms. The van der Waals surface area contributed by atoms with Crippen molar-refractivity contribution in [1.29, 1.82) is 0 Å². The van der Waals surface area contributed by atoms with E-state index in [9.17, 15) is 9.90 Å². The molecule has 1 aromatic heterocycles. The second-order valence-electron chi connectivity index (χ2n) is 4.00. The Morgan fingerprint density at radius 2 is 2.06 bits per heavy atom. The molecule has 2 rings (SSSR count). The van der Waals surface area contributed by atoms with Gasteiger partial charge in [-0.1, -0.05) is 6.92 Å². The van der Waals surface area contributed by atoms with E-state index in [2.05, 4.69) is 0 Å². The molecule has 0 unspecified atom stereocenters. The molecule has 0 atom stereocenters. The Bertz CT molecular complexity index is 652. The molecule has 0 bridgehead atoms. The number of aliphatic hydroxyl groups excluding tert-OH is 1. The van der Waals surface area contributed by atoms with E-state index in [1.165, 1.54) is 6.07 Å². The van der Waals surface area contributed by atoms with Crippen LogP contribution in [-0.4, -0.2) is 5.11 Å². The second-order valence-corrected chi connectivity index (χ2v) is 4.00. The summed E-state index contributed by atoms with van der Waals surface area (Å²) < 4.78 is 10.3. The van der Waals surface area contributed by atoms with Gasteiger partial charge in [0.1, 0.15) is 11.3 Å². The van der Waals surface area contributed by atoms with Gasteiger partial charge in [-0.15, -0.1) is 0 Å². The lowest BCUT2D eigenvalue weighted by atomic mass is 10.2. The Balaban J connectivity index is 2.38. The number of ether oxygens (including phenoxy) is 1. The summed E-state index contributed by atoms with van der Waals surface area (Å²) in [6.45, 7) is 3.71. The van der Waals surface area contributed by atoms with Crippen molar-refractivity contribution in [3.63, 3.8) is 0 Å². The fourth-order valence-electron chi connectivity index (χ4n) is 1.45. The van der Waals surface area contributed by atoms with Gasteiger partial charge in [0.25, 0.3) is 5.95 Å². The highest BCUT2D eigenvalue weighted by Gasteiger charge is 2.04. The Morgan fingerprint density at radius 1 is 1.33 bits per heavy atom. The summed E-state index contributed by atoms with van der Waals surface area (Å²) in [5.74, 6) is 0.317. The molecule has 0 amide bonds. The van der Waals surface area contributed by atoms with E-state index in [4.69, 9.17) is 9.15 Å². The summed E-state index contributed by atoms with van der Waals surface area (Å²) in [7, 11) is 0. The normalized spacial score (nSPS) is 12.3. The summed E-state index contributed by atoms with van der Waals surface area (Å²) in [5, 5.41) is 10.5. The van der Waals surface area contributed by atoms with Crippen LogP contribution < -0.4 is 10.4 Å². The molecule has 4 heteroatoms. The molecule has 2 aromatic rings. The molecule has 1 aromatic carbocycles. The lowest BCUT2D eigenvalue weighted by molar-refractivity contribution is 0.201. The highest BCUT2D eigenvalue weighted by Crippen LogP contribution is 2.21. The SMILES string of the molecule is CC/C(C)=C(\O)Oc1ccc2ccc(=O)oc2c1. The van der Waals surface area contributed by atoms with E-state index in [1.807, 2.05) is 6.92 Å². The van der Waals surface area contributed by atoms with Crippen molar-refractivity contribution < 1.29 is 14.3 Å². The summed E-state index contributed by atoms with van der Waals surface area (Å²) in [4.78, 5) is 11.1. The summed E-state index contributed by atoms with van der Waals surface area (Å²) >= 11 is 0. The summed E-state index contributed by atoms with van der Waals surface area (Å²) in [5.41, 5.74) is 0.774. The largest absolute Gasteiger partial charge is 0.481 e. The molecule has 4 nitrogen and oxygen atoms in total. The molecule has 0 spiro atoms. The maximum absolute atomic E-state index is 11.1. The van der Waals surface area contributed by atoms with Gasteiger partial charge < -0.3 is 14.3 Å². The van der Waals surface area contributed by atoms with E-state index in [0.717, 1.165) is 11.0 Å². The van der Waals surface area contributed by atoms with Crippen molar-refractivity contribution in [2.45, 2.75) is 20.3 Å². The zero-order valence-corrected chi connectivity index (χ0v) is 10.3. The monoisotopic (exact) mass is 246 g/mol. The van der Waals surface area contributed by atoms with Crippen molar-refractivity contribution in [1.82, 2.24) is 0 Å². The average Bonchev–Trinajstić information content (AvgIpc) is 2.37. The van der Waals surface area contributed by atoms with Gasteiger partial charge in [-0.05, 0) is 31.5 Å². The van der Waals surface area contributed by atoms with E-state index in [-0.39, 0.29) is 5.95 Å². The van der Waals surface area contributed by atoms with Crippen molar-refractivity contribution in [3.8, 4) is 5.75 Å². The smallest absolute Gasteiger partial charge is 0.336 e. The molecule has 0 saturated heterocycles. The second kappa shape index (κ2) is 4.96. The van der Waals surface area contributed by atoms with Gasteiger partial charge in [0.15, 0.2) is 0 Å². The molecule has 0 aliphatic carbocycles. The minimum atomic E-state index is -0.413. The topological polar surface area (TPSA) is 59.7 Å². The number of aliphatic hydroxyl groups is 1. The Kier molecular flexibility index (Phi) is 3.37. The zero-order valence-electron chi connectivity index (χ0n) is 10.3. The summed E-state index contributed by atoms with van der Waals surface area (Å²) in [6, 6.07) is 8.10. The Hall–Kier alpha value is -2.23. The van der Waals surface area contributed by atoms with Crippen molar-refractivity contribution in [2.24, 2.45) is 0 Å². The van der Waals surface area contributed by atoms with Gasteiger partial charge in [-0.2, -0.15) is 0 Å². The highest BCUT2D eigenvalue weighted by atomic mass is 16.6. The minimum absolute atomic E-state index is 0.116. The fraction of sp³-hybridized carbons (Fsp3) is 0.214. The number of benzene rings is 1. The molecular formula is C14H14O4. The van der Waals surface area contributed by atoms with Crippen LogP contribution in [0.25, 0.3) is 11.0 Å². The molecule has 1 N–H and O–H groups in total. The molecular weight excluding hydrogens is 232 g/mol. The van der Waals surface area contributed by atoms with Crippen LogP contribution in [0.1, 0.15) is 20.3 Å². The molecule has 0 radical (unpaired) electrons. The van der Waals surface area contributed by atoms with E-state index < -0.39 is 5.63 Å². The van der Waals surface area contributed by atoms with Crippen molar-refractivity contribution >= 4 is 11.0 Å². The first-order valence-electron chi connectivity index (χ1n) is 5.70. The van der Waals surface area contributed by atoms with Crippen LogP contribution in [0, 0.1) is 0 Å². The van der Waals surface area contributed by atoms with Gasteiger partial charge in [0.2, 0.25) is 0 Å². The van der Waals surface area contributed by atoms with Crippen LogP contribution >= 0.6 is 0 Å². The van der Waals surface area contributed by atoms with E-state index in [0.29, 0.717) is 17.8 Å². The van der Waals surface area contributed by atoms with Crippen LogP contribution in [0.3, 0.4) is 0 Å². The van der Waals surface area contributed by atoms with Gasteiger partial charge >= 0.3 is 5.63 Å². The first-order chi connectivity index (χ1) is 8.60. The highest BCUT2D eigenvalue weighted by molar-refractivity contribution is 5.77. The molecule has 0 aliphatic rings. The molecule has 1 heterocycles. The first kappa shape index (κ1) is 12.2. The lowest BCUT2D eigenvalue weighted by Gasteiger charge is -2.07. The summed E-state index contributed by atoms with van der Waals surface area (Å²) in [6.07, 6.45) is 0.703. The molecule has 0 saturated carbocycles. The van der Waals surface area contributed by atoms with E-state index in [1.54, 1.807) is 31.2 Å². The maximum atomic E-state index is 11.1. The van der Waals surface area contributed by atoms with Gasteiger partial charge in [-0.3, -0.25) is 0 Å². The third-order valence-electron chi connectivity index (χ3n) is 2.70. The van der Waals surface area contributed by atoms with Gasteiger partial charge in [-0.25, -0.2) is 4.79 Å². The standard InChI is InChI=1S/C14H14O4/c1-3-9(2)14(16)17-11-6-4-10-5-7-13(15)18-12(10)8-11/h4-8,16H,3H2,1-2H3/b14-9+. The van der Waals surface area contributed by atoms with Gasteiger partial charge in [0, 0.05) is 23.1 Å². The minimum Gasteiger partial charge on any atom is -0.481 e. The van der Waals surface area contributed by atoms with Crippen LogP contribution in [-0.2, 0) is 0 Å². The van der Waals surface area contributed by atoms with Crippen molar-refractivity contribution in [2.75, 3.05) is 0 Å². The third kappa shape index (κ3) is 2.53. The molecule has 0 aliphatic heterocycles. The number of rotatable bonds is 3. The maximum Gasteiger partial charge on any atom is 0.336 e. The fourth-order valence-corrected chi connectivity index (χ4v) is 1.45. The Labute approximate surface area is 104 Å². The Morgan fingerprint density at radius 3 is 2.78 bits per heavy atom. The number of fused-ring (bicyclic) bond motifs is 1. The average molecular weight is 246 g/mol. The first-order valence-corrected chi connectivity index (χ1v) is 5.70. The van der Waals surface area contributed by atoms with Crippen LogP contribution in [0.4, 0.5) is 0 Å². The predicted molar refractivity (Wildman–Crippen MR) is 68.7 cm³/mol. The number of hydrogen-bond acceptors (Lipinski definition) is 4. The number of hydrogen-bond donors (Lipinski definition) is 1. The number of allylic oxidation sites excluding steroid dienone is 1. The quantitative estimate of drug-likeness (QED) is 0.666. The lowest BCUT2D eigenvalue weighted by Crippen LogP contribution is -1.98. The molecule has 94 valence electrons. The third-order valence-corrected chi connectivity index (χ3v) is 2.70. The zero-order chi connectivity index (χ0) is 13.1. The van der Waals surface area contributed by atoms with Crippen LogP contribution in [0.2, 0.25) is 0 Å². The van der Waals surface area contributed by atoms with E-state index >= 15 is 0 Å². The molecule has 0 fully saturated rings.